The minimum absolute atomic E-state index is 0.00712. The molecule has 0 unspecified atom stereocenters. The molecule has 1 heterocycles. The number of aromatic amines is 1. The number of H-pyrrole nitrogens is 1. The summed E-state index contributed by atoms with van der Waals surface area (Å²) in [6.45, 7) is -0.901. The molecule has 61 heavy (non-hydrogen) atoms. The summed E-state index contributed by atoms with van der Waals surface area (Å²) in [7, 11) is -23.5. The van der Waals surface area contributed by atoms with Gasteiger partial charge in [-0.3, -0.25) is 24.1 Å². The number of nitrogens with zero attached hydrogens (tertiary/aromatic N) is 5. The van der Waals surface area contributed by atoms with Crippen molar-refractivity contribution in [2.45, 2.75) is 19.6 Å². The minimum Gasteiger partial charge on any atom is -0.504 e. The molecule has 1 aromatic heterocycles. The van der Waals surface area contributed by atoms with Crippen molar-refractivity contribution in [2.75, 3.05) is 28.4 Å². The van der Waals surface area contributed by atoms with Gasteiger partial charge in [-0.25, -0.2) is 17.4 Å². The Morgan fingerprint density at radius 2 is 1.41 bits per heavy atom. The number of nitrogens with one attached hydrogen (secondary N) is 4. The average molecular weight is 948 g/mol. The summed E-state index contributed by atoms with van der Waals surface area (Å²) in [5.74, 6) is -3.17. The maximum absolute atomic E-state index is 12.7. The van der Waals surface area contributed by atoms with E-state index >= 15 is 0 Å². The maximum atomic E-state index is 12.7. The summed E-state index contributed by atoms with van der Waals surface area (Å²) < 4.78 is 157. The van der Waals surface area contributed by atoms with Crippen molar-refractivity contribution in [3.8, 4) is 5.75 Å². The number of azo groups is 1. The topological polar surface area (TPSA) is 419 Å². The molecule has 0 fully saturated rings. The van der Waals surface area contributed by atoms with Crippen LogP contribution in [0, 0.1) is 0 Å². The van der Waals surface area contributed by atoms with Crippen LogP contribution in [-0.2, 0) is 44.7 Å². The summed E-state index contributed by atoms with van der Waals surface area (Å²) >= 11 is 0. The van der Waals surface area contributed by atoms with Crippen LogP contribution in [0.2, 0.25) is 0 Å². The number of hydrogen-bond donors (Lipinski definition) is 11. The number of hydrogen-bond acceptors (Lipinski definition) is 21. The summed E-state index contributed by atoms with van der Waals surface area (Å²) in [4.78, 5) is 19.7. The van der Waals surface area contributed by atoms with Gasteiger partial charge in [0.25, 0.3) is 20.2 Å². The maximum Gasteiger partial charge on any atom is 0.397 e. The predicted molar refractivity (Wildman–Crippen MR) is 214 cm³/mol. The van der Waals surface area contributed by atoms with E-state index < -0.39 is 119 Å². The Hall–Kier alpha value is -5.97. The lowest BCUT2D eigenvalue weighted by atomic mass is 10.2. The second-order valence-electron chi connectivity index (χ2n) is 11.8. The first-order valence-corrected chi connectivity index (χ1v) is 23.4. The zero-order valence-electron chi connectivity index (χ0n) is 30.0. The molecule has 326 valence electrons. The van der Waals surface area contributed by atoms with Gasteiger partial charge in [0.1, 0.15) is 21.5 Å². The highest BCUT2D eigenvalue weighted by Gasteiger charge is 2.23. The van der Waals surface area contributed by atoms with E-state index in [2.05, 4.69) is 50.5 Å². The monoisotopic (exact) mass is 947 g/mol. The van der Waals surface area contributed by atoms with E-state index in [1.807, 2.05) is 0 Å². The van der Waals surface area contributed by atoms with Crippen molar-refractivity contribution in [2.24, 2.45) is 15.3 Å². The third kappa shape index (κ3) is 12.8. The number of sulfone groups is 1. The van der Waals surface area contributed by atoms with Crippen LogP contribution in [0.5, 0.6) is 5.75 Å². The zero-order chi connectivity index (χ0) is 45.0. The lowest BCUT2D eigenvalue weighted by molar-refractivity contribution is 0.284. The van der Waals surface area contributed by atoms with E-state index in [1.54, 1.807) is 6.07 Å². The van der Waals surface area contributed by atoms with Gasteiger partial charge in [-0.1, -0.05) is 36.4 Å². The predicted octanol–water partition coefficient (Wildman–Crippen LogP) is 3.58. The molecule has 5 aromatic rings. The van der Waals surface area contributed by atoms with Crippen LogP contribution in [0.15, 0.2) is 125 Å². The largest absolute Gasteiger partial charge is 0.504 e. The van der Waals surface area contributed by atoms with Gasteiger partial charge in [-0.2, -0.15) is 40.3 Å². The molecule has 11 N–H and O–H groups in total. The van der Waals surface area contributed by atoms with Crippen molar-refractivity contribution in [1.82, 2.24) is 15.0 Å². The Morgan fingerprint density at radius 3 is 2.05 bits per heavy atom. The number of rotatable bonds is 16. The summed E-state index contributed by atoms with van der Waals surface area (Å²) in [6, 6.07) is 16.0. The molecule has 0 spiro atoms. The highest BCUT2D eigenvalue weighted by Crippen LogP contribution is 2.45. The molecule has 0 aliphatic carbocycles. The molecule has 0 saturated heterocycles. The molecule has 31 heteroatoms. The van der Waals surface area contributed by atoms with Crippen molar-refractivity contribution in [1.29, 1.82) is 0 Å². The van der Waals surface area contributed by atoms with Crippen LogP contribution in [0.4, 0.5) is 34.6 Å². The molecule has 0 amide bonds. The number of phenolic OH excluding ortho intramolecular Hbond substituents is 1. The van der Waals surface area contributed by atoms with Crippen LogP contribution >= 0.6 is 10.9 Å². The Bertz CT molecular complexity index is 3050. The van der Waals surface area contributed by atoms with E-state index in [9.17, 15) is 66.3 Å². The van der Waals surface area contributed by atoms with Crippen molar-refractivity contribution < 1.29 is 70.3 Å². The average Bonchev–Trinajstić information content (AvgIpc) is 3.14. The molecule has 5 rings (SSSR count). The van der Waals surface area contributed by atoms with Gasteiger partial charge in [0, 0.05) is 11.3 Å². The lowest BCUT2D eigenvalue weighted by Crippen LogP contribution is -2.17. The normalized spacial score (nSPS) is 13.2. The summed E-state index contributed by atoms with van der Waals surface area (Å²) in [5, 5.41) is 27.9. The molecule has 26 nitrogen and oxygen atoms in total. The molecule has 4 aromatic carbocycles. The highest BCUT2D eigenvalue weighted by atomic mass is 32.3. The fourth-order valence-electron chi connectivity index (χ4n) is 4.74. The molecule has 0 saturated carbocycles. The Balaban J connectivity index is 1.49. The molecule has 0 aliphatic heterocycles. The molecule has 0 atom stereocenters. The number of aromatic nitrogens is 3. The van der Waals surface area contributed by atoms with Gasteiger partial charge in [0.05, 0.1) is 38.4 Å². The Labute approximate surface area is 345 Å². The number of anilines is 5. The first-order chi connectivity index (χ1) is 28.3. The number of hydrazone groups is 1. The van der Waals surface area contributed by atoms with E-state index in [-0.39, 0.29) is 22.1 Å². The smallest absolute Gasteiger partial charge is 0.397 e. The number of benzene rings is 4. The molecule has 0 bridgehead atoms. The third-order valence-corrected chi connectivity index (χ3v) is 12.2. The first kappa shape index (κ1) is 46.1. The van der Waals surface area contributed by atoms with Gasteiger partial charge in [0.2, 0.25) is 17.7 Å². The second-order valence-corrected chi connectivity index (χ2v) is 19.3. The zero-order valence-corrected chi connectivity index (χ0v) is 34.1. The molecule has 0 radical (unpaired) electrons. The Morgan fingerprint density at radius 1 is 0.721 bits per heavy atom. The fraction of sp³-hybridized carbons (Fsp3) is 0.0667. The van der Waals surface area contributed by atoms with E-state index in [1.165, 1.54) is 36.4 Å². The van der Waals surface area contributed by atoms with Crippen LogP contribution in [0.3, 0.4) is 0 Å². The van der Waals surface area contributed by atoms with Crippen LogP contribution in [-0.4, -0.2) is 99.2 Å². The number of aromatic hydroxyl groups is 1. The van der Waals surface area contributed by atoms with Crippen LogP contribution < -0.4 is 21.7 Å². The van der Waals surface area contributed by atoms with Gasteiger partial charge in [-0.05, 0) is 48.5 Å². The minimum atomic E-state index is -5.07. The van der Waals surface area contributed by atoms with Crippen molar-refractivity contribution >= 4 is 91.8 Å². The van der Waals surface area contributed by atoms with Crippen LogP contribution in [0.1, 0.15) is 5.56 Å². The standard InChI is InChI=1S/C30H29N9O17S5/c40-26-23(32-29-33-28(34-30(41)35-29)31-18-7-4-8-19(13-18)57(42,43)12-11-56-61(53,54)55)15-21(59(47,48)49)16-24(26)37-39-27(17-5-2-1-3-6-17)38-36-22-14-20(58(44,45)46)9-10-25(22)60(50,51)52/h1-10,13-16,36,40,44-46H,11-12H2,(H,47,48,49)(H,50,51,52)(H,53,54,55)(H3,31,32,33,34,35,41)/b38-27-,39-37?. The quantitative estimate of drug-likeness (QED) is 0.0168. The van der Waals surface area contributed by atoms with Crippen molar-refractivity contribution in [3.63, 3.8) is 0 Å². The summed E-state index contributed by atoms with van der Waals surface area (Å²) in [5.41, 5.74) is -0.533. The van der Waals surface area contributed by atoms with E-state index in [0.717, 1.165) is 30.3 Å². The fourth-order valence-corrected chi connectivity index (χ4v) is 7.95. The van der Waals surface area contributed by atoms with E-state index in [4.69, 9.17) is 4.55 Å². The van der Waals surface area contributed by atoms with Crippen LogP contribution in [0.25, 0.3) is 0 Å². The van der Waals surface area contributed by atoms with Gasteiger partial charge in [0.15, 0.2) is 15.6 Å². The lowest BCUT2D eigenvalue weighted by Gasteiger charge is -2.20. The molecule has 0 aliphatic rings. The summed E-state index contributed by atoms with van der Waals surface area (Å²) in [6.07, 6.45) is 0. The molecular formula is C30H29N9O17S5. The first-order valence-electron chi connectivity index (χ1n) is 16.0. The van der Waals surface area contributed by atoms with Gasteiger partial charge >= 0.3 is 16.1 Å². The highest BCUT2D eigenvalue weighted by molar-refractivity contribution is 8.19. The third-order valence-electron chi connectivity index (χ3n) is 7.41. The van der Waals surface area contributed by atoms with Gasteiger partial charge in [-0.15, -0.1) is 10.2 Å². The number of amidine groups is 1. The molecular weight excluding hydrogens is 919 g/mol. The second kappa shape index (κ2) is 17.9. The SMILES string of the molecule is O=c1nc(Nc2cc(S(=O)(=O)O)cc(N=N/C(=N\Nc3cc(S(O)(O)O)ccc3S(=O)(=O)O)c3ccccc3)c2O)nc(Nc2cccc(S(=O)(=O)CCOS(=O)(=O)O)c2)[nH]1. The Kier molecular flexibility index (Phi) is 13.6. The van der Waals surface area contributed by atoms with E-state index in [0.29, 0.717) is 12.1 Å². The number of phenols is 1. The van der Waals surface area contributed by atoms with Crippen molar-refractivity contribution in [3.05, 3.63) is 101 Å². The van der Waals surface area contributed by atoms with Gasteiger partial charge < -0.3 is 29.4 Å².